The second-order valence-electron chi connectivity index (χ2n) is 5.29. The quantitative estimate of drug-likeness (QED) is 0.349. The second kappa shape index (κ2) is 8.32. The Kier molecular flexibility index (Phi) is 7.08. The molecule has 1 rings (SSSR count). The molecule has 0 radical (unpaired) electrons. The molecule has 0 heterocycles. The van der Waals surface area contributed by atoms with Gasteiger partial charge in [0.2, 0.25) is 0 Å². The molecule has 4 nitrogen and oxygen atoms in total. The third kappa shape index (κ3) is 4.95. The van der Waals surface area contributed by atoms with E-state index in [1.807, 2.05) is 0 Å². The first-order valence-electron chi connectivity index (χ1n) is 7.10. The van der Waals surface area contributed by atoms with Gasteiger partial charge >= 0.3 is 0 Å². The summed E-state index contributed by atoms with van der Waals surface area (Å²) in [6, 6.07) is 3.48. The molecule has 0 amide bonds. The van der Waals surface area contributed by atoms with E-state index in [2.05, 4.69) is 29.8 Å². The van der Waals surface area contributed by atoms with E-state index in [-0.39, 0.29) is 16.9 Å². The minimum atomic E-state index is -0.694. The van der Waals surface area contributed by atoms with Crippen molar-refractivity contribution in [3.8, 4) is 5.75 Å². The summed E-state index contributed by atoms with van der Waals surface area (Å²) in [7, 11) is 0. The van der Waals surface area contributed by atoms with Gasteiger partial charge in [-0.1, -0.05) is 42.6 Å². The number of nitrogens with zero attached hydrogens (tertiary/aromatic N) is 1. The van der Waals surface area contributed by atoms with Crippen LogP contribution >= 0.6 is 15.9 Å². The highest BCUT2D eigenvalue weighted by Crippen LogP contribution is 2.33. The van der Waals surface area contributed by atoms with Crippen LogP contribution in [0.4, 0.5) is 10.1 Å². The number of hydrogen-bond acceptors (Lipinski definition) is 3. The highest BCUT2D eigenvalue weighted by molar-refractivity contribution is 9.09. The Balaban J connectivity index is 2.82. The number of halogens is 2. The van der Waals surface area contributed by atoms with Gasteiger partial charge in [-0.3, -0.25) is 10.1 Å². The smallest absolute Gasteiger partial charge is 0.272 e. The van der Waals surface area contributed by atoms with Gasteiger partial charge in [0.15, 0.2) is 11.6 Å². The van der Waals surface area contributed by atoms with Crippen molar-refractivity contribution in [1.29, 1.82) is 0 Å². The van der Waals surface area contributed by atoms with E-state index >= 15 is 0 Å². The lowest BCUT2D eigenvalue weighted by atomic mass is 9.82. The van der Waals surface area contributed by atoms with E-state index in [1.165, 1.54) is 12.1 Å². The van der Waals surface area contributed by atoms with Crippen molar-refractivity contribution < 1.29 is 14.1 Å². The molecule has 0 saturated heterocycles. The molecular weight excluding hydrogens is 341 g/mol. The fourth-order valence-corrected chi connectivity index (χ4v) is 3.18. The fraction of sp³-hybridized carbons (Fsp3) is 0.600. The number of nitro groups is 1. The summed E-state index contributed by atoms with van der Waals surface area (Å²) in [6.07, 6.45) is 4.02. The molecule has 6 heteroatoms. The van der Waals surface area contributed by atoms with Gasteiger partial charge in [-0.15, -0.1) is 0 Å². The Bertz CT molecular complexity index is 476. The van der Waals surface area contributed by atoms with Gasteiger partial charge in [0, 0.05) is 16.8 Å². The van der Waals surface area contributed by atoms with Crippen LogP contribution < -0.4 is 4.74 Å². The standard InChI is InChI=1S/C15H21BrFNO3/c1-3-7-15(10-16,8-4-2)11-21-14-6-5-12(18(19)20)9-13(14)17/h5-6,9H,3-4,7-8,10-11H2,1-2H3. The summed E-state index contributed by atoms with van der Waals surface area (Å²) >= 11 is 3.53. The van der Waals surface area contributed by atoms with E-state index in [9.17, 15) is 14.5 Å². The molecule has 0 saturated carbocycles. The number of benzene rings is 1. The number of non-ortho nitro benzene ring substituents is 1. The van der Waals surface area contributed by atoms with Crippen LogP contribution in [0.1, 0.15) is 39.5 Å². The molecular formula is C15H21BrFNO3. The third-order valence-electron chi connectivity index (χ3n) is 3.50. The molecule has 0 unspecified atom stereocenters. The number of nitro benzene ring substituents is 1. The molecule has 0 aromatic heterocycles. The number of ether oxygens (including phenoxy) is 1. The summed E-state index contributed by atoms with van der Waals surface area (Å²) < 4.78 is 19.4. The molecule has 1 aromatic rings. The zero-order valence-corrected chi connectivity index (χ0v) is 14.0. The first kappa shape index (κ1) is 17.9. The van der Waals surface area contributed by atoms with Crippen LogP contribution in [0, 0.1) is 21.3 Å². The van der Waals surface area contributed by atoms with E-state index in [0.717, 1.165) is 37.1 Å². The lowest BCUT2D eigenvalue weighted by molar-refractivity contribution is -0.385. The second-order valence-corrected chi connectivity index (χ2v) is 5.85. The third-order valence-corrected chi connectivity index (χ3v) is 4.69. The number of rotatable bonds is 9. The molecule has 0 N–H and O–H groups in total. The van der Waals surface area contributed by atoms with Gasteiger partial charge < -0.3 is 4.74 Å². The SMILES string of the molecule is CCCC(CBr)(CCC)COc1ccc([N+](=O)[O-])cc1F. The van der Waals surface area contributed by atoms with E-state index in [1.54, 1.807) is 0 Å². The molecule has 0 fully saturated rings. The van der Waals surface area contributed by atoms with Gasteiger partial charge in [-0.25, -0.2) is 4.39 Å². The molecule has 1 aromatic carbocycles. The van der Waals surface area contributed by atoms with Gasteiger partial charge in [-0.05, 0) is 18.9 Å². The Morgan fingerprint density at radius 1 is 1.33 bits per heavy atom. The van der Waals surface area contributed by atoms with Crippen molar-refractivity contribution >= 4 is 21.6 Å². The lowest BCUT2D eigenvalue weighted by Crippen LogP contribution is -2.30. The Labute approximate surface area is 133 Å². The Morgan fingerprint density at radius 3 is 2.38 bits per heavy atom. The molecule has 21 heavy (non-hydrogen) atoms. The average molecular weight is 362 g/mol. The van der Waals surface area contributed by atoms with E-state index in [0.29, 0.717) is 6.61 Å². The molecule has 0 bridgehead atoms. The zero-order chi connectivity index (χ0) is 15.9. The monoisotopic (exact) mass is 361 g/mol. The number of hydrogen-bond donors (Lipinski definition) is 0. The normalized spacial score (nSPS) is 11.4. The Hall–Kier alpha value is -1.17. The van der Waals surface area contributed by atoms with E-state index < -0.39 is 10.7 Å². The van der Waals surface area contributed by atoms with Crippen LogP contribution in [0.3, 0.4) is 0 Å². The van der Waals surface area contributed by atoms with Crippen LogP contribution in [-0.4, -0.2) is 16.9 Å². The van der Waals surface area contributed by atoms with Crippen LogP contribution in [0.2, 0.25) is 0 Å². The van der Waals surface area contributed by atoms with Crippen molar-refractivity contribution in [1.82, 2.24) is 0 Å². The first-order valence-corrected chi connectivity index (χ1v) is 8.23. The molecule has 0 spiro atoms. The maximum absolute atomic E-state index is 13.8. The topological polar surface area (TPSA) is 52.4 Å². The highest BCUT2D eigenvalue weighted by Gasteiger charge is 2.28. The summed E-state index contributed by atoms with van der Waals surface area (Å²) in [5.41, 5.74) is -0.300. The summed E-state index contributed by atoms with van der Waals surface area (Å²) in [6.45, 7) is 4.62. The van der Waals surface area contributed by atoms with Crippen molar-refractivity contribution in [3.05, 3.63) is 34.1 Å². The summed E-state index contributed by atoms with van der Waals surface area (Å²) in [4.78, 5) is 9.97. The summed E-state index contributed by atoms with van der Waals surface area (Å²) in [5, 5.41) is 11.4. The average Bonchev–Trinajstić information content (AvgIpc) is 2.46. The van der Waals surface area contributed by atoms with Crippen LogP contribution in [0.5, 0.6) is 5.75 Å². The van der Waals surface area contributed by atoms with Gasteiger partial charge in [0.05, 0.1) is 17.6 Å². The van der Waals surface area contributed by atoms with E-state index in [4.69, 9.17) is 4.74 Å². The van der Waals surface area contributed by atoms with Crippen molar-refractivity contribution in [3.63, 3.8) is 0 Å². The minimum absolute atomic E-state index is 0.0300. The predicted octanol–water partition coefficient (Wildman–Crippen LogP) is 5.09. The predicted molar refractivity (Wildman–Crippen MR) is 84.6 cm³/mol. The van der Waals surface area contributed by atoms with Crippen molar-refractivity contribution in [2.75, 3.05) is 11.9 Å². The first-order chi connectivity index (χ1) is 9.98. The molecule has 0 aliphatic rings. The largest absolute Gasteiger partial charge is 0.490 e. The van der Waals surface area contributed by atoms with Crippen LogP contribution in [-0.2, 0) is 0 Å². The molecule has 0 atom stereocenters. The molecule has 118 valence electrons. The van der Waals surface area contributed by atoms with Crippen molar-refractivity contribution in [2.24, 2.45) is 5.41 Å². The maximum Gasteiger partial charge on any atom is 0.272 e. The summed E-state index contributed by atoms with van der Waals surface area (Å²) in [5.74, 6) is -0.626. The highest BCUT2D eigenvalue weighted by atomic mass is 79.9. The lowest BCUT2D eigenvalue weighted by Gasteiger charge is -2.31. The van der Waals surface area contributed by atoms with Crippen LogP contribution in [0.15, 0.2) is 18.2 Å². The molecule has 0 aliphatic carbocycles. The maximum atomic E-state index is 13.8. The van der Waals surface area contributed by atoms with Gasteiger partial charge in [0.25, 0.3) is 5.69 Å². The van der Waals surface area contributed by atoms with Gasteiger partial charge in [0.1, 0.15) is 0 Å². The molecule has 0 aliphatic heterocycles. The Morgan fingerprint density at radius 2 is 1.95 bits per heavy atom. The van der Waals surface area contributed by atoms with Gasteiger partial charge in [-0.2, -0.15) is 0 Å². The zero-order valence-electron chi connectivity index (χ0n) is 12.4. The van der Waals surface area contributed by atoms with Crippen LogP contribution in [0.25, 0.3) is 0 Å². The minimum Gasteiger partial charge on any atom is -0.490 e. The fourth-order valence-electron chi connectivity index (χ4n) is 2.45. The number of alkyl halides is 1. The van der Waals surface area contributed by atoms with Crippen molar-refractivity contribution in [2.45, 2.75) is 39.5 Å².